The molecule has 1 N–H and O–H groups in total. The third-order valence-corrected chi connectivity index (χ3v) is 7.22. The number of furan rings is 1. The number of nitrogens with zero attached hydrogens (tertiary/aromatic N) is 1. The topological polar surface area (TPSA) is 88.8 Å². The second kappa shape index (κ2) is 8.78. The van der Waals surface area contributed by atoms with Crippen LogP contribution in [0.2, 0.25) is 5.02 Å². The number of hydrogen-bond acceptors (Lipinski definition) is 6. The molecule has 1 amide bonds. The van der Waals surface area contributed by atoms with Gasteiger partial charge in [-0.3, -0.25) is 4.79 Å². The van der Waals surface area contributed by atoms with E-state index in [-0.39, 0.29) is 17.3 Å². The third-order valence-electron chi connectivity index (χ3n) is 3.76. The minimum Gasteiger partial charge on any atom is -0.495 e. The van der Waals surface area contributed by atoms with Crippen molar-refractivity contribution in [2.75, 3.05) is 19.0 Å². The molecule has 10 heteroatoms. The predicted octanol–water partition coefficient (Wildman–Crippen LogP) is 3.83. The smallest absolute Gasteiger partial charge is 0.253 e. The van der Waals surface area contributed by atoms with E-state index in [0.29, 0.717) is 22.2 Å². The molecule has 7 nitrogen and oxygen atoms in total. The van der Waals surface area contributed by atoms with Gasteiger partial charge in [-0.1, -0.05) is 17.7 Å². The maximum Gasteiger partial charge on any atom is 0.253 e. The first-order valence-electron chi connectivity index (χ1n) is 8.09. The van der Waals surface area contributed by atoms with Crippen molar-refractivity contribution in [2.24, 2.45) is 0 Å². The van der Waals surface area contributed by atoms with Gasteiger partial charge in [0.1, 0.15) is 15.7 Å². The second-order valence-electron chi connectivity index (χ2n) is 5.68. The van der Waals surface area contributed by atoms with Gasteiger partial charge in [0.15, 0.2) is 0 Å². The van der Waals surface area contributed by atoms with Crippen LogP contribution in [-0.2, 0) is 21.4 Å². The van der Waals surface area contributed by atoms with E-state index in [1.54, 1.807) is 35.7 Å². The van der Waals surface area contributed by atoms with Crippen molar-refractivity contribution in [3.63, 3.8) is 0 Å². The van der Waals surface area contributed by atoms with Crippen LogP contribution in [0.15, 0.2) is 62.7 Å². The van der Waals surface area contributed by atoms with Gasteiger partial charge >= 0.3 is 0 Å². The Labute approximate surface area is 171 Å². The van der Waals surface area contributed by atoms with E-state index < -0.39 is 15.9 Å². The number of thiophene rings is 1. The summed E-state index contributed by atoms with van der Waals surface area (Å²) in [7, 11) is -2.37. The number of anilines is 1. The van der Waals surface area contributed by atoms with E-state index in [1.165, 1.54) is 25.5 Å². The fourth-order valence-electron chi connectivity index (χ4n) is 2.44. The summed E-state index contributed by atoms with van der Waals surface area (Å²) in [5.74, 6) is 0.396. The number of methoxy groups -OCH3 is 1. The van der Waals surface area contributed by atoms with E-state index >= 15 is 0 Å². The van der Waals surface area contributed by atoms with Crippen LogP contribution < -0.4 is 10.1 Å². The van der Waals surface area contributed by atoms with Crippen LogP contribution in [0.5, 0.6) is 5.75 Å². The Morgan fingerprint density at radius 2 is 2.11 bits per heavy atom. The molecule has 0 atom stereocenters. The number of nitrogens with one attached hydrogen (secondary N) is 1. The van der Waals surface area contributed by atoms with Gasteiger partial charge in [-0.05, 0) is 41.8 Å². The van der Waals surface area contributed by atoms with E-state index in [2.05, 4.69) is 5.32 Å². The second-order valence-corrected chi connectivity index (χ2v) is 9.20. The lowest BCUT2D eigenvalue weighted by molar-refractivity contribution is -0.116. The molecule has 0 saturated carbocycles. The van der Waals surface area contributed by atoms with Gasteiger partial charge in [0, 0.05) is 5.69 Å². The van der Waals surface area contributed by atoms with Gasteiger partial charge in [-0.25, -0.2) is 8.42 Å². The number of hydrogen-bond donors (Lipinski definition) is 1. The molecule has 0 aliphatic rings. The number of ether oxygens (including phenoxy) is 1. The number of benzene rings is 1. The molecule has 3 rings (SSSR count). The van der Waals surface area contributed by atoms with Crippen LogP contribution in [0.3, 0.4) is 0 Å². The van der Waals surface area contributed by atoms with E-state index in [9.17, 15) is 13.2 Å². The maximum atomic E-state index is 12.9. The van der Waals surface area contributed by atoms with Crippen molar-refractivity contribution in [2.45, 2.75) is 10.8 Å². The highest BCUT2D eigenvalue weighted by molar-refractivity contribution is 7.91. The number of halogens is 1. The highest BCUT2D eigenvalue weighted by Gasteiger charge is 2.28. The average Bonchev–Trinajstić information content (AvgIpc) is 3.35. The number of sulfonamides is 1. The molecule has 2 heterocycles. The molecule has 0 unspecified atom stereocenters. The molecule has 0 saturated heterocycles. The summed E-state index contributed by atoms with van der Waals surface area (Å²) in [4.78, 5) is 12.5. The highest BCUT2D eigenvalue weighted by Crippen LogP contribution is 2.27. The Bertz CT molecular complexity index is 1030. The normalized spacial score (nSPS) is 11.5. The first-order valence-corrected chi connectivity index (χ1v) is 10.8. The largest absolute Gasteiger partial charge is 0.495 e. The van der Waals surface area contributed by atoms with Gasteiger partial charge in [-0.2, -0.15) is 4.31 Å². The van der Waals surface area contributed by atoms with E-state index in [4.69, 9.17) is 20.8 Å². The summed E-state index contributed by atoms with van der Waals surface area (Å²) in [6, 6.07) is 11.2. The van der Waals surface area contributed by atoms with Gasteiger partial charge in [0.2, 0.25) is 5.91 Å². The van der Waals surface area contributed by atoms with E-state index in [0.717, 1.165) is 15.6 Å². The summed E-state index contributed by atoms with van der Waals surface area (Å²) in [5, 5.41) is 4.65. The molecule has 0 aliphatic carbocycles. The lowest BCUT2D eigenvalue weighted by Gasteiger charge is -2.20. The summed E-state index contributed by atoms with van der Waals surface area (Å²) in [6.07, 6.45) is 1.45. The van der Waals surface area contributed by atoms with Crippen LogP contribution >= 0.6 is 22.9 Å². The minimum absolute atomic E-state index is 0.0655. The number of carbonyl (C=O) groups is 1. The van der Waals surface area contributed by atoms with Crippen LogP contribution in [0.25, 0.3) is 0 Å². The van der Waals surface area contributed by atoms with Gasteiger partial charge < -0.3 is 14.5 Å². The van der Waals surface area contributed by atoms with Crippen molar-refractivity contribution in [3.8, 4) is 5.75 Å². The molecule has 148 valence electrons. The molecule has 3 aromatic rings. The lowest BCUT2D eigenvalue weighted by atomic mass is 10.3. The molecule has 0 fully saturated rings. The molecule has 0 bridgehead atoms. The average molecular weight is 441 g/mol. The Hall–Kier alpha value is -2.33. The summed E-state index contributed by atoms with van der Waals surface area (Å²) in [5.41, 5.74) is 0.433. The number of amides is 1. The zero-order valence-electron chi connectivity index (χ0n) is 14.8. The van der Waals surface area contributed by atoms with Crippen molar-refractivity contribution in [1.82, 2.24) is 4.31 Å². The summed E-state index contributed by atoms with van der Waals surface area (Å²) < 4.78 is 37.4. The summed E-state index contributed by atoms with van der Waals surface area (Å²) >= 11 is 7.14. The van der Waals surface area contributed by atoms with Crippen molar-refractivity contribution < 1.29 is 22.4 Å². The molecule has 0 radical (unpaired) electrons. The first-order chi connectivity index (χ1) is 13.4. The van der Waals surface area contributed by atoms with Crippen LogP contribution in [-0.4, -0.2) is 32.3 Å². The fourth-order valence-corrected chi connectivity index (χ4v) is 5.21. The molecule has 1 aromatic carbocycles. The van der Waals surface area contributed by atoms with Crippen molar-refractivity contribution >= 4 is 44.6 Å². The fraction of sp³-hybridized carbons (Fsp3) is 0.167. The first kappa shape index (κ1) is 20.4. The zero-order chi connectivity index (χ0) is 20.1. The highest BCUT2D eigenvalue weighted by atomic mass is 35.5. The van der Waals surface area contributed by atoms with Crippen LogP contribution in [0, 0.1) is 0 Å². The van der Waals surface area contributed by atoms with E-state index in [1.807, 2.05) is 0 Å². The van der Waals surface area contributed by atoms with Crippen LogP contribution in [0.1, 0.15) is 5.76 Å². The van der Waals surface area contributed by atoms with Crippen LogP contribution in [0.4, 0.5) is 5.69 Å². The molecule has 2 aromatic heterocycles. The Kier molecular flexibility index (Phi) is 6.40. The standard InChI is InChI=1S/C18H17ClN2O5S2/c1-25-16-7-6-13(10-15(16)19)20-17(22)12-21(11-14-4-2-8-26-14)28(23,24)18-5-3-9-27-18/h2-10H,11-12H2,1H3,(H,20,22). The van der Waals surface area contributed by atoms with Gasteiger partial charge in [0.25, 0.3) is 10.0 Å². The predicted molar refractivity (Wildman–Crippen MR) is 107 cm³/mol. The molecular weight excluding hydrogens is 424 g/mol. The Balaban J connectivity index is 1.79. The monoisotopic (exact) mass is 440 g/mol. The number of rotatable bonds is 8. The van der Waals surface area contributed by atoms with Gasteiger partial charge in [-0.15, -0.1) is 11.3 Å². The molecule has 28 heavy (non-hydrogen) atoms. The Morgan fingerprint density at radius 3 is 2.71 bits per heavy atom. The Morgan fingerprint density at radius 1 is 1.29 bits per heavy atom. The van der Waals surface area contributed by atoms with Crippen molar-refractivity contribution in [1.29, 1.82) is 0 Å². The SMILES string of the molecule is COc1ccc(NC(=O)CN(Cc2ccco2)S(=O)(=O)c2cccs2)cc1Cl. The molecular formula is C18H17ClN2O5S2. The lowest BCUT2D eigenvalue weighted by Crippen LogP contribution is -2.37. The number of carbonyl (C=O) groups excluding carboxylic acids is 1. The summed E-state index contributed by atoms with van der Waals surface area (Å²) in [6.45, 7) is -0.450. The molecule has 0 spiro atoms. The minimum atomic E-state index is -3.86. The quantitative estimate of drug-likeness (QED) is 0.575. The maximum absolute atomic E-state index is 12.9. The van der Waals surface area contributed by atoms with Gasteiger partial charge in [0.05, 0.1) is 31.5 Å². The molecule has 0 aliphatic heterocycles. The van der Waals surface area contributed by atoms with Crippen molar-refractivity contribution in [3.05, 3.63) is 64.9 Å². The zero-order valence-corrected chi connectivity index (χ0v) is 17.2. The third kappa shape index (κ3) is 4.74.